The summed E-state index contributed by atoms with van der Waals surface area (Å²) in [5.41, 5.74) is 1.43. The SMILES string of the molecule is CC(C)SN1CCC(Nc2nc(-c3c[nH]c4ncc(Cl)cc34)ncc2F)C1. The summed E-state index contributed by atoms with van der Waals surface area (Å²) >= 11 is 7.89. The minimum absolute atomic E-state index is 0.160. The van der Waals surface area contributed by atoms with Gasteiger partial charge < -0.3 is 10.3 Å². The normalized spacial score (nSPS) is 17.9. The van der Waals surface area contributed by atoms with E-state index in [4.69, 9.17) is 11.6 Å². The van der Waals surface area contributed by atoms with Crippen molar-refractivity contribution in [3.05, 3.63) is 35.5 Å². The maximum absolute atomic E-state index is 14.3. The number of rotatable bonds is 5. The molecule has 27 heavy (non-hydrogen) atoms. The number of fused-ring (bicyclic) bond motifs is 1. The van der Waals surface area contributed by atoms with Gasteiger partial charge in [-0.15, -0.1) is 0 Å². The number of nitrogens with zero attached hydrogens (tertiary/aromatic N) is 4. The van der Waals surface area contributed by atoms with Gasteiger partial charge in [0.2, 0.25) is 0 Å². The van der Waals surface area contributed by atoms with Crippen LogP contribution in [0.2, 0.25) is 5.02 Å². The summed E-state index contributed by atoms with van der Waals surface area (Å²) < 4.78 is 16.6. The Hall–Kier alpha value is -1.90. The topological polar surface area (TPSA) is 69.7 Å². The van der Waals surface area contributed by atoms with Crippen LogP contribution in [0, 0.1) is 5.82 Å². The van der Waals surface area contributed by atoms with E-state index in [1.807, 2.05) is 11.9 Å². The van der Waals surface area contributed by atoms with Gasteiger partial charge >= 0.3 is 0 Å². The van der Waals surface area contributed by atoms with Gasteiger partial charge in [0.25, 0.3) is 0 Å². The molecule has 1 aliphatic heterocycles. The lowest BCUT2D eigenvalue weighted by molar-refractivity contribution is 0.572. The molecule has 2 N–H and O–H groups in total. The van der Waals surface area contributed by atoms with E-state index in [0.717, 1.165) is 30.5 Å². The zero-order valence-corrected chi connectivity index (χ0v) is 16.6. The Kier molecular flexibility index (Phi) is 5.21. The van der Waals surface area contributed by atoms with Gasteiger partial charge in [-0.1, -0.05) is 37.4 Å². The summed E-state index contributed by atoms with van der Waals surface area (Å²) in [4.78, 5) is 15.9. The number of hydrogen-bond acceptors (Lipinski definition) is 6. The lowest BCUT2D eigenvalue weighted by Crippen LogP contribution is -2.24. The highest BCUT2D eigenvalue weighted by Gasteiger charge is 2.25. The fourth-order valence-electron chi connectivity index (χ4n) is 3.19. The van der Waals surface area contributed by atoms with E-state index in [-0.39, 0.29) is 11.9 Å². The molecule has 0 spiro atoms. The molecule has 1 aliphatic rings. The van der Waals surface area contributed by atoms with Crippen LogP contribution in [0.25, 0.3) is 22.4 Å². The van der Waals surface area contributed by atoms with Gasteiger partial charge in [-0.2, -0.15) is 0 Å². The number of hydrogen-bond donors (Lipinski definition) is 2. The summed E-state index contributed by atoms with van der Waals surface area (Å²) in [6.07, 6.45) is 5.49. The van der Waals surface area contributed by atoms with E-state index in [1.54, 1.807) is 18.5 Å². The van der Waals surface area contributed by atoms with Gasteiger partial charge in [-0.25, -0.2) is 23.6 Å². The van der Waals surface area contributed by atoms with Crippen molar-refractivity contribution in [3.8, 4) is 11.4 Å². The minimum Gasteiger partial charge on any atom is -0.363 e. The molecule has 4 rings (SSSR count). The van der Waals surface area contributed by atoms with Crippen LogP contribution in [0.15, 0.2) is 24.7 Å². The molecule has 1 saturated heterocycles. The van der Waals surface area contributed by atoms with E-state index in [2.05, 4.69) is 43.4 Å². The third kappa shape index (κ3) is 4.02. The molecule has 3 aromatic rings. The third-order valence-corrected chi connectivity index (χ3v) is 5.59. The largest absolute Gasteiger partial charge is 0.363 e. The fourth-order valence-corrected chi connectivity index (χ4v) is 4.43. The Morgan fingerprint density at radius 3 is 3.04 bits per heavy atom. The predicted molar refractivity (Wildman–Crippen MR) is 108 cm³/mol. The molecule has 0 radical (unpaired) electrons. The average molecular weight is 407 g/mol. The second-order valence-electron chi connectivity index (χ2n) is 6.81. The van der Waals surface area contributed by atoms with Crippen LogP contribution >= 0.6 is 23.5 Å². The highest BCUT2D eigenvalue weighted by atomic mass is 35.5. The number of H-pyrrole nitrogens is 1. The Balaban J connectivity index is 1.58. The molecular formula is C18H20ClFN6S. The summed E-state index contributed by atoms with van der Waals surface area (Å²) in [6, 6.07) is 1.96. The predicted octanol–water partition coefficient (Wildman–Crippen LogP) is 4.36. The van der Waals surface area contributed by atoms with Crippen LogP contribution in [0.5, 0.6) is 0 Å². The Bertz CT molecular complexity index is 962. The number of aromatic nitrogens is 4. The minimum atomic E-state index is -0.454. The molecule has 0 saturated carbocycles. The quantitative estimate of drug-likeness (QED) is 0.614. The van der Waals surface area contributed by atoms with Crippen LogP contribution in [0.1, 0.15) is 20.3 Å². The Morgan fingerprint density at radius 1 is 1.37 bits per heavy atom. The number of aromatic amines is 1. The smallest absolute Gasteiger partial charge is 0.183 e. The third-order valence-electron chi connectivity index (χ3n) is 4.33. The highest BCUT2D eigenvalue weighted by Crippen LogP contribution is 2.29. The molecule has 3 aromatic heterocycles. The molecule has 0 amide bonds. The zero-order chi connectivity index (χ0) is 19.0. The molecular weight excluding hydrogens is 387 g/mol. The van der Waals surface area contributed by atoms with Crippen molar-refractivity contribution in [2.24, 2.45) is 0 Å². The Morgan fingerprint density at radius 2 is 2.22 bits per heavy atom. The van der Waals surface area contributed by atoms with Gasteiger partial charge in [0.15, 0.2) is 17.5 Å². The van der Waals surface area contributed by atoms with Crippen LogP contribution in [0.3, 0.4) is 0 Å². The van der Waals surface area contributed by atoms with E-state index < -0.39 is 5.82 Å². The first-order valence-electron chi connectivity index (χ1n) is 8.83. The Labute approximate surface area is 166 Å². The van der Waals surface area contributed by atoms with E-state index in [0.29, 0.717) is 21.7 Å². The lowest BCUT2D eigenvalue weighted by atomic mass is 10.2. The molecule has 0 aromatic carbocycles. The molecule has 1 unspecified atom stereocenters. The first-order chi connectivity index (χ1) is 13.0. The summed E-state index contributed by atoms with van der Waals surface area (Å²) in [7, 11) is 0. The second kappa shape index (κ2) is 7.61. The van der Waals surface area contributed by atoms with Gasteiger partial charge in [0.05, 0.1) is 11.2 Å². The maximum atomic E-state index is 14.3. The maximum Gasteiger partial charge on any atom is 0.183 e. The molecule has 142 valence electrons. The fraction of sp³-hybridized carbons (Fsp3) is 0.389. The first-order valence-corrected chi connectivity index (χ1v) is 10.0. The number of pyridine rings is 1. The summed E-state index contributed by atoms with van der Waals surface area (Å²) in [5.74, 6) is 0.205. The number of anilines is 1. The average Bonchev–Trinajstić information content (AvgIpc) is 3.23. The summed E-state index contributed by atoms with van der Waals surface area (Å²) in [6.45, 7) is 6.18. The monoisotopic (exact) mass is 406 g/mol. The van der Waals surface area contributed by atoms with Crippen molar-refractivity contribution in [2.75, 3.05) is 18.4 Å². The van der Waals surface area contributed by atoms with Gasteiger partial charge in [-0.05, 0) is 12.5 Å². The number of nitrogens with one attached hydrogen (secondary N) is 2. The van der Waals surface area contributed by atoms with Crippen LogP contribution in [0.4, 0.5) is 10.2 Å². The van der Waals surface area contributed by atoms with Crippen molar-refractivity contribution >= 4 is 40.4 Å². The highest BCUT2D eigenvalue weighted by molar-refractivity contribution is 7.97. The summed E-state index contributed by atoms with van der Waals surface area (Å²) in [5, 5.41) is 5.11. The standard InChI is InChI=1S/C18H20ClFN6S/c1-10(2)27-26-4-3-12(9-26)24-18-15(20)8-23-17(25-18)14-7-22-16-13(14)5-11(19)6-21-16/h5-8,10,12H,3-4,9H2,1-2H3,(H,21,22)(H,23,24,25). The van der Waals surface area contributed by atoms with Gasteiger partial charge in [0.1, 0.15) is 5.65 Å². The molecule has 4 heterocycles. The van der Waals surface area contributed by atoms with Crippen molar-refractivity contribution in [1.82, 2.24) is 24.2 Å². The molecule has 0 aliphatic carbocycles. The molecule has 0 bridgehead atoms. The van der Waals surface area contributed by atoms with E-state index in [9.17, 15) is 4.39 Å². The number of halogens is 2. The molecule has 6 nitrogen and oxygen atoms in total. The van der Waals surface area contributed by atoms with Crippen molar-refractivity contribution in [2.45, 2.75) is 31.6 Å². The van der Waals surface area contributed by atoms with Crippen LogP contribution < -0.4 is 5.32 Å². The van der Waals surface area contributed by atoms with E-state index >= 15 is 0 Å². The van der Waals surface area contributed by atoms with Gasteiger partial charge in [-0.3, -0.25) is 0 Å². The first kappa shape index (κ1) is 18.5. The molecule has 1 fully saturated rings. The van der Waals surface area contributed by atoms with Crippen molar-refractivity contribution in [1.29, 1.82) is 0 Å². The van der Waals surface area contributed by atoms with Gasteiger partial charge in [0, 0.05) is 47.7 Å². The second-order valence-corrected chi connectivity index (χ2v) is 8.92. The van der Waals surface area contributed by atoms with Crippen molar-refractivity contribution in [3.63, 3.8) is 0 Å². The zero-order valence-electron chi connectivity index (χ0n) is 15.0. The van der Waals surface area contributed by atoms with E-state index in [1.165, 1.54) is 6.20 Å². The van der Waals surface area contributed by atoms with Crippen LogP contribution in [-0.4, -0.2) is 48.6 Å². The lowest BCUT2D eigenvalue weighted by Gasteiger charge is -2.18. The molecule has 1 atom stereocenters. The molecule has 9 heteroatoms. The van der Waals surface area contributed by atoms with Crippen LogP contribution in [-0.2, 0) is 0 Å². The van der Waals surface area contributed by atoms with Crippen molar-refractivity contribution < 1.29 is 4.39 Å².